The number of thioether (sulfide) groups is 1. The van der Waals surface area contributed by atoms with Crippen molar-refractivity contribution in [3.8, 4) is 0 Å². The fourth-order valence-corrected chi connectivity index (χ4v) is 2.22. The average Bonchev–Trinajstić information content (AvgIpc) is 2.41. The molecule has 19 heavy (non-hydrogen) atoms. The Labute approximate surface area is 117 Å². The third-order valence-electron chi connectivity index (χ3n) is 2.50. The van der Waals surface area contributed by atoms with Crippen LogP contribution in [0.2, 0.25) is 0 Å². The number of methoxy groups -OCH3 is 1. The lowest BCUT2D eigenvalue weighted by Gasteiger charge is -2.05. The van der Waals surface area contributed by atoms with Crippen LogP contribution in [0.5, 0.6) is 0 Å². The predicted octanol–water partition coefficient (Wildman–Crippen LogP) is 1.91. The summed E-state index contributed by atoms with van der Waals surface area (Å²) < 4.78 is 4.49. The number of aryl methyl sites for hydroxylation is 1. The highest BCUT2D eigenvalue weighted by molar-refractivity contribution is 7.99. The maximum Gasteiger partial charge on any atom is 0.307 e. The highest BCUT2D eigenvalue weighted by atomic mass is 32.2. The normalized spacial score (nSPS) is 10.0. The Balaban J connectivity index is 2.13. The Morgan fingerprint density at radius 2 is 1.95 bits per heavy atom. The molecule has 0 saturated heterocycles. The van der Waals surface area contributed by atoms with Crippen LogP contribution < -0.4 is 5.32 Å². The molecule has 5 heteroatoms. The van der Waals surface area contributed by atoms with Crippen LogP contribution in [0.1, 0.15) is 17.5 Å². The molecule has 1 N–H and O–H groups in total. The first-order chi connectivity index (χ1) is 9.11. The lowest BCUT2D eigenvalue weighted by atomic mass is 10.2. The molecule has 4 nitrogen and oxygen atoms in total. The van der Waals surface area contributed by atoms with Gasteiger partial charge in [0, 0.05) is 12.3 Å². The van der Waals surface area contributed by atoms with Gasteiger partial charge < -0.3 is 10.1 Å². The molecular weight excluding hydrogens is 262 g/mol. The molecule has 0 atom stereocenters. The van der Waals surface area contributed by atoms with Gasteiger partial charge in [-0.1, -0.05) is 29.8 Å². The van der Waals surface area contributed by atoms with Gasteiger partial charge in [-0.05, 0) is 12.5 Å². The summed E-state index contributed by atoms with van der Waals surface area (Å²) in [5.41, 5.74) is 2.44. The largest absolute Gasteiger partial charge is 0.469 e. The summed E-state index contributed by atoms with van der Waals surface area (Å²) in [5.74, 6) is 0.841. The van der Waals surface area contributed by atoms with E-state index in [1.807, 2.05) is 6.92 Å². The minimum Gasteiger partial charge on any atom is -0.469 e. The first-order valence-corrected chi connectivity index (χ1v) is 7.24. The van der Waals surface area contributed by atoms with Crippen molar-refractivity contribution in [2.75, 3.05) is 19.4 Å². The summed E-state index contributed by atoms with van der Waals surface area (Å²) in [6.45, 7) is 2.38. The fourth-order valence-electron chi connectivity index (χ4n) is 1.40. The third kappa shape index (κ3) is 6.86. The molecule has 1 aromatic rings. The number of carbonyl (C=O) groups is 2. The molecule has 0 aromatic heterocycles. The van der Waals surface area contributed by atoms with Crippen molar-refractivity contribution in [2.24, 2.45) is 0 Å². The first-order valence-electron chi connectivity index (χ1n) is 6.08. The Kier molecular flexibility index (Phi) is 7.03. The van der Waals surface area contributed by atoms with Gasteiger partial charge in [0.05, 0.1) is 19.3 Å². The minimum atomic E-state index is -0.312. The smallest absolute Gasteiger partial charge is 0.307 e. The van der Waals surface area contributed by atoms with Crippen molar-refractivity contribution in [3.05, 3.63) is 35.4 Å². The van der Waals surface area contributed by atoms with E-state index >= 15 is 0 Å². The monoisotopic (exact) mass is 281 g/mol. The van der Waals surface area contributed by atoms with Crippen LogP contribution in [0.4, 0.5) is 0 Å². The zero-order valence-corrected chi connectivity index (χ0v) is 12.1. The van der Waals surface area contributed by atoms with Gasteiger partial charge in [0.15, 0.2) is 0 Å². The number of carbonyl (C=O) groups excluding carboxylic acids is 2. The maximum atomic E-state index is 11.5. The van der Waals surface area contributed by atoms with Gasteiger partial charge in [-0.3, -0.25) is 9.59 Å². The standard InChI is InChI=1S/C14H19NO3S/c1-11-3-5-12(6-4-11)9-19-10-13(16)15-8-7-14(17)18-2/h3-6H,7-10H2,1-2H3,(H,15,16). The van der Waals surface area contributed by atoms with E-state index in [4.69, 9.17) is 0 Å². The van der Waals surface area contributed by atoms with Crippen LogP contribution in [-0.4, -0.2) is 31.3 Å². The average molecular weight is 281 g/mol. The summed E-state index contributed by atoms with van der Waals surface area (Å²) in [6.07, 6.45) is 0.213. The van der Waals surface area contributed by atoms with Crippen molar-refractivity contribution < 1.29 is 14.3 Å². The van der Waals surface area contributed by atoms with Crippen molar-refractivity contribution in [1.82, 2.24) is 5.32 Å². The van der Waals surface area contributed by atoms with E-state index < -0.39 is 0 Å². The maximum absolute atomic E-state index is 11.5. The molecule has 0 spiro atoms. The fraction of sp³-hybridized carbons (Fsp3) is 0.429. The molecule has 0 aliphatic rings. The lowest BCUT2D eigenvalue weighted by molar-refractivity contribution is -0.140. The molecule has 0 radical (unpaired) electrons. The third-order valence-corrected chi connectivity index (χ3v) is 3.51. The zero-order chi connectivity index (χ0) is 14.1. The number of rotatable bonds is 7. The number of amides is 1. The van der Waals surface area contributed by atoms with E-state index in [0.717, 1.165) is 5.75 Å². The molecule has 0 saturated carbocycles. The molecule has 0 fully saturated rings. The molecule has 0 heterocycles. The van der Waals surface area contributed by atoms with Crippen molar-refractivity contribution in [3.63, 3.8) is 0 Å². The molecule has 1 aromatic carbocycles. The van der Waals surface area contributed by atoms with Crippen LogP contribution in [0.3, 0.4) is 0 Å². The van der Waals surface area contributed by atoms with E-state index in [1.54, 1.807) is 11.8 Å². The van der Waals surface area contributed by atoms with E-state index in [0.29, 0.717) is 12.3 Å². The van der Waals surface area contributed by atoms with Gasteiger partial charge in [0.1, 0.15) is 0 Å². The van der Waals surface area contributed by atoms with E-state index in [1.165, 1.54) is 18.2 Å². The van der Waals surface area contributed by atoms with E-state index in [-0.39, 0.29) is 18.3 Å². The molecule has 1 rings (SSSR count). The second kappa shape index (κ2) is 8.58. The highest BCUT2D eigenvalue weighted by Gasteiger charge is 2.04. The number of esters is 1. The molecule has 0 unspecified atom stereocenters. The van der Waals surface area contributed by atoms with Gasteiger partial charge in [-0.25, -0.2) is 0 Å². The van der Waals surface area contributed by atoms with Crippen molar-refractivity contribution in [2.45, 2.75) is 19.1 Å². The Bertz CT molecular complexity index is 417. The van der Waals surface area contributed by atoms with Crippen molar-refractivity contribution >= 4 is 23.6 Å². The SMILES string of the molecule is COC(=O)CCNC(=O)CSCc1ccc(C)cc1. The first kappa shape index (κ1) is 15.6. The second-order valence-electron chi connectivity index (χ2n) is 4.15. The summed E-state index contributed by atoms with van der Waals surface area (Å²) in [4.78, 5) is 22.3. The quantitative estimate of drug-likeness (QED) is 0.776. The predicted molar refractivity (Wildman–Crippen MR) is 77.0 cm³/mol. The van der Waals surface area contributed by atoms with Crippen LogP contribution in [0, 0.1) is 6.92 Å². The van der Waals surface area contributed by atoms with Gasteiger partial charge in [0.25, 0.3) is 0 Å². The minimum absolute atomic E-state index is 0.0546. The topological polar surface area (TPSA) is 55.4 Å². The second-order valence-corrected chi connectivity index (χ2v) is 5.14. The molecule has 0 aliphatic heterocycles. The number of nitrogens with one attached hydrogen (secondary N) is 1. The van der Waals surface area contributed by atoms with E-state index in [2.05, 4.69) is 34.3 Å². The number of benzene rings is 1. The summed E-state index contributed by atoms with van der Waals surface area (Å²) in [6, 6.07) is 8.26. The summed E-state index contributed by atoms with van der Waals surface area (Å²) in [7, 11) is 1.33. The molecule has 104 valence electrons. The lowest BCUT2D eigenvalue weighted by Crippen LogP contribution is -2.27. The molecule has 1 amide bonds. The van der Waals surface area contributed by atoms with Gasteiger partial charge in [-0.15, -0.1) is 11.8 Å². The van der Waals surface area contributed by atoms with Crippen LogP contribution in [-0.2, 0) is 20.1 Å². The zero-order valence-electron chi connectivity index (χ0n) is 11.3. The molecule has 0 bridgehead atoms. The molecule has 0 aliphatic carbocycles. The van der Waals surface area contributed by atoms with Crippen molar-refractivity contribution in [1.29, 1.82) is 0 Å². The van der Waals surface area contributed by atoms with Gasteiger partial charge in [-0.2, -0.15) is 0 Å². The summed E-state index contributed by atoms with van der Waals surface area (Å²) in [5, 5.41) is 2.68. The Hall–Kier alpha value is -1.49. The Morgan fingerprint density at radius 1 is 1.26 bits per heavy atom. The molecular formula is C14H19NO3S. The number of hydrogen-bond donors (Lipinski definition) is 1. The Morgan fingerprint density at radius 3 is 2.58 bits per heavy atom. The number of hydrogen-bond acceptors (Lipinski definition) is 4. The number of ether oxygens (including phenoxy) is 1. The summed E-state index contributed by atoms with van der Waals surface area (Å²) >= 11 is 1.56. The van der Waals surface area contributed by atoms with Gasteiger partial charge in [0.2, 0.25) is 5.91 Å². The van der Waals surface area contributed by atoms with Crippen LogP contribution >= 0.6 is 11.8 Å². The van der Waals surface area contributed by atoms with E-state index in [9.17, 15) is 9.59 Å². The highest BCUT2D eigenvalue weighted by Crippen LogP contribution is 2.12. The van der Waals surface area contributed by atoms with Gasteiger partial charge >= 0.3 is 5.97 Å². The van der Waals surface area contributed by atoms with Crippen LogP contribution in [0.15, 0.2) is 24.3 Å². The van der Waals surface area contributed by atoms with Crippen LogP contribution in [0.25, 0.3) is 0 Å².